The molecule has 0 radical (unpaired) electrons. The summed E-state index contributed by atoms with van der Waals surface area (Å²) in [7, 11) is 0. The molecule has 0 aliphatic carbocycles. The predicted octanol–water partition coefficient (Wildman–Crippen LogP) is -0.871. The Bertz CT molecular complexity index is 878. The lowest BCUT2D eigenvalue weighted by molar-refractivity contribution is -0.0465. The number of nitrogens with two attached hydrogens (primary N) is 1. The van der Waals surface area contributed by atoms with Gasteiger partial charge in [-0.3, -0.25) is 19.1 Å². The number of aromatic amines is 1. The summed E-state index contributed by atoms with van der Waals surface area (Å²) in [5, 5.41) is 19.1. The van der Waals surface area contributed by atoms with E-state index in [0.29, 0.717) is 0 Å². The number of fused-ring (bicyclic) bond motifs is 1. The molecule has 3 rings (SSSR count). The van der Waals surface area contributed by atoms with E-state index in [1.807, 2.05) is 0 Å². The van der Waals surface area contributed by atoms with E-state index < -0.39 is 48.5 Å². The summed E-state index contributed by atoms with van der Waals surface area (Å²) in [5.41, 5.74) is 4.51. The molecule has 2 aromatic rings. The van der Waals surface area contributed by atoms with E-state index >= 15 is 0 Å². The Morgan fingerprint density at radius 2 is 2.16 bits per heavy atom. The van der Waals surface area contributed by atoms with Crippen molar-refractivity contribution < 1.29 is 24.1 Å². The van der Waals surface area contributed by atoms with Crippen molar-refractivity contribution in [1.29, 1.82) is 0 Å². The number of ketones is 1. The highest BCUT2D eigenvalue weighted by Gasteiger charge is 2.47. The Labute approximate surface area is 140 Å². The number of nitrogens with zero attached hydrogens (tertiary/aromatic N) is 3. The predicted molar refractivity (Wildman–Crippen MR) is 83.6 cm³/mol. The van der Waals surface area contributed by atoms with Crippen LogP contribution < -0.4 is 11.3 Å². The third-order valence-corrected chi connectivity index (χ3v) is 4.04. The summed E-state index contributed by atoms with van der Waals surface area (Å²) in [6, 6.07) is 0. The fourth-order valence-electron chi connectivity index (χ4n) is 2.74. The van der Waals surface area contributed by atoms with Crippen LogP contribution in [0, 0.1) is 5.92 Å². The molecule has 0 unspecified atom stereocenters. The number of Topliss-reactive ketones (excluding diaryl/α,β-unsaturated/α-hetero) is 1. The maximum atomic E-state index is 14.6. The molecule has 1 aliphatic rings. The van der Waals surface area contributed by atoms with Crippen LogP contribution in [0.5, 0.6) is 0 Å². The molecule has 11 heteroatoms. The average Bonchev–Trinajstić information content (AvgIpc) is 3.05. The van der Waals surface area contributed by atoms with Gasteiger partial charge in [-0.1, -0.05) is 13.8 Å². The van der Waals surface area contributed by atoms with E-state index in [9.17, 15) is 24.2 Å². The van der Waals surface area contributed by atoms with Gasteiger partial charge in [-0.05, 0) is 0 Å². The number of rotatable bonds is 4. The van der Waals surface area contributed by atoms with Crippen LogP contribution in [0.25, 0.3) is 11.2 Å². The second-order valence-electron chi connectivity index (χ2n) is 6.13. The lowest BCUT2D eigenvalue weighted by Crippen LogP contribution is -2.31. The third kappa shape index (κ3) is 2.69. The first-order valence-corrected chi connectivity index (χ1v) is 7.66. The van der Waals surface area contributed by atoms with Crippen LogP contribution in [0.15, 0.2) is 4.79 Å². The zero-order chi connectivity index (χ0) is 18.5. The van der Waals surface area contributed by atoms with E-state index in [-0.39, 0.29) is 22.9 Å². The minimum absolute atomic E-state index is 0.135. The zero-order valence-electron chi connectivity index (χ0n) is 13.5. The Morgan fingerprint density at radius 1 is 1.48 bits per heavy atom. The number of H-pyrrole nitrogens is 1. The molecule has 0 bridgehead atoms. The van der Waals surface area contributed by atoms with Gasteiger partial charge in [-0.15, -0.1) is 0 Å². The normalized spacial score (nSPS) is 26.6. The largest absolute Gasteiger partial charge is 0.394 e. The van der Waals surface area contributed by atoms with E-state index in [4.69, 9.17) is 10.5 Å². The molecule has 0 aromatic carbocycles. The molecule has 1 aliphatic heterocycles. The summed E-state index contributed by atoms with van der Waals surface area (Å²) in [6.07, 6.45) is -6.23. The van der Waals surface area contributed by atoms with Crippen molar-refractivity contribution in [2.24, 2.45) is 5.92 Å². The highest BCUT2D eigenvalue weighted by atomic mass is 19.1. The lowest BCUT2D eigenvalue weighted by Gasteiger charge is -2.18. The first-order chi connectivity index (χ1) is 11.8. The van der Waals surface area contributed by atoms with Gasteiger partial charge in [0.15, 0.2) is 29.4 Å². The van der Waals surface area contributed by atoms with Crippen LogP contribution in [0.2, 0.25) is 0 Å². The van der Waals surface area contributed by atoms with Crippen molar-refractivity contribution in [3.8, 4) is 0 Å². The summed E-state index contributed by atoms with van der Waals surface area (Å²) in [4.78, 5) is 34.7. The summed E-state index contributed by atoms with van der Waals surface area (Å²) in [5.74, 6) is -1.43. The minimum atomic E-state index is -1.96. The Kier molecular flexibility index (Phi) is 4.31. The van der Waals surface area contributed by atoms with Crippen LogP contribution in [-0.2, 0) is 4.74 Å². The summed E-state index contributed by atoms with van der Waals surface area (Å²) in [6.45, 7) is 2.62. The number of halogens is 1. The number of anilines is 1. The Balaban J connectivity index is 2.26. The Morgan fingerprint density at radius 3 is 2.72 bits per heavy atom. The van der Waals surface area contributed by atoms with E-state index in [0.717, 1.165) is 4.57 Å². The van der Waals surface area contributed by atoms with Gasteiger partial charge >= 0.3 is 0 Å². The fraction of sp³-hybridized carbons (Fsp3) is 0.571. The van der Waals surface area contributed by atoms with E-state index in [1.54, 1.807) is 13.8 Å². The molecule has 10 nitrogen and oxygen atoms in total. The van der Waals surface area contributed by atoms with Crippen molar-refractivity contribution >= 4 is 22.9 Å². The van der Waals surface area contributed by atoms with Gasteiger partial charge < -0.3 is 20.7 Å². The topological polar surface area (TPSA) is 156 Å². The van der Waals surface area contributed by atoms with Crippen molar-refractivity contribution in [3.63, 3.8) is 0 Å². The minimum Gasteiger partial charge on any atom is -0.394 e. The molecule has 3 heterocycles. The number of aliphatic hydroxyl groups excluding tert-OH is 2. The monoisotopic (exact) mass is 355 g/mol. The van der Waals surface area contributed by atoms with Crippen molar-refractivity contribution in [3.05, 3.63) is 16.2 Å². The number of hydrogen-bond acceptors (Lipinski definition) is 8. The number of ether oxygens (including phenoxy) is 1. The van der Waals surface area contributed by atoms with Crippen LogP contribution in [0.4, 0.5) is 10.3 Å². The number of aromatic nitrogens is 4. The van der Waals surface area contributed by atoms with Crippen LogP contribution >= 0.6 is 0 Å². The van der Waals surface area contributed by atoms with Crippen molar-refractivity contribution in [2.75, 3.05) is 12.3 Å². The van der Waals surface area contributed by atoms with Crippen LogP contribution in [0.3, 0.4) is 0 Å². The highest BCUT2D eigenvalue weighted by Crippen LogP contribution is 2.34. The maximum absolute atomic E-state index is 14.6. The van der Waals surface area contributed by atoms with Gasteiger partial charge in [-0.25, -0.2) is 9.37 Å². The van der Waals surface area contributed by atoms with E-state index in [1.165, 1.54) is 0 Å². The second kappa shape index (κ2) is 6.17. The maximum Gasteiger partial charge on any atom is 0.280 e. The quantitative estimate of drug-likeness (QED) is 0.516. The van der Waals surface area contributed by atoms with Gasteiger partial charge in [0.05, 0.1) is 6.61 Å². The molecule has 0 spiro atoms. The van der Waals surface area contributed by atoms with Gasteiger partial charge in [0.2, 0.25) is 11.7 Å². The third-order valence-electron chi connectivity index (χ3n) is 4.04. The first kappa shape index (κ1) is 17.5. The Hall–Kier alpha value is -2.37. The fourth-order valence-corrected chi connectivity index (χ4v) is 2.74. The van der Waals surface area contributed by atoms with Gasteiger partial charge in [0, 0.05) is 5.92 Å². The standard InChI is InChI=1S/C14H18FN5O5/c1-4(2)8(22)11-17-7-10(18-14(16)19-12(7)24)20(11)13-6(15)9(23)5(3-21)25-13/h4-6,9,13,21,23H,3H2,1-2H3,(H3,16,18,19,24)/t5-,6-,9-,13-/m1/s1. The molecule has 1 saturated heterocycles. The molecule has 1 fully saturated rings. The number of aliphatic hydroxyl groups is 2. The lowest BCUT2D eigenvalue weighted by atomic mass is 10.1. The molecule has 0 saturated carbocycles. The first-order valence-electron chi connectivity index (χ1n) is 7.66. The zero-order valence-corrected chi connectivity index (χ0v) is 13.5. The molecule has 4 atom stereocenters. The van der Waals surface area contributed by atoms with Gasteiger partial charge in [0.1, 0.15) is 12.2 Å². The molecule has 25 heavy (non-hydrogen) atoms. The number of carbonyl (C=O) groups is 1. The molecule has 0 amide bonds. The van der Waals surface area contributed by atoms with Crippen molar-refractivity contribution in [1.82, 2.24) is 19.5 Å². The number of hydrogen-bond donors (Lipinski definition) is 4. The smallest absolute Gasteiger partial charge is 0.280 e. The summed E-state index contributed by atoms with van der Waals surface area (Å²) < 4.78 is 20.9. The van der Waals surface area contributed by atoms with Crippen LogP contribution in [-0.4, -0.2) is 60.5 Å². The number of imidazole rings is 1. The summed E-state index contributed by atoms with van der Waals surface area (Å²) >= 11 is 0. The van der Waals surface area contributed by atoms with Crippen LogP contribution in [0.1, 0.15) is 30.7 Å². The number of alkyl halides is 1. The number of nitrogen functional groups attached to an aromatic ring is 1. The molecule has 2 aromatic heterocycles. The highest BCUT2D eigenvalue weighted by molar-refractivity contribution is 5.97. The number of carbonyl (C=O) groups excluding carboxylic acids is 1. The molecule has 136 valence electrons. The second-order valence-corrected chi connectivity index (χ2v) is 6.13. The van der Waals surface area contributed by atoms with E-state index in [2.05, 4.69) is 15.0 Å². The number of nitrogens with one attached hydrogen (secondary N) is 1. The average molecular weight is 355 g/mol. The molecular weight excluding hydrogens is 337 g/mol. The van der Waals surface area contributed by atoms with Gasteiger partial charge in [0.25, 0.3) is 5.56 Å². The van der Waals surface area contributed by atoms with Gasteiger partial charge in [-0.2, -0.15) is 4.98 Å². The SMILES string of the molecule is CC(C)C(=O)c1nc2c(=O)[nH]c(N)nc2n1[C@@H]1O[C@H](CO)[C@@H](O)[C@H]1F. The molecular formula is C14H18FN5O5. The van der Waals surface area contributed by atoms with Crippen molar-refractivity contribution in [2.45, 2.75) is 38.5 Å². The molecule has 5 N–H and O–H groups in total.